The van der Waals surface area contributed by atoms with Crippen LogP contribution in [0.2, 0.25) is 0 Å². The average molecular weight is 477 g/mol. The molecule has 2 aromatic heterocycles. The summed E-state index contributed by atoms with van der Waals surface area (Å²) in [4.78, 5) is 31.3. The van der Waals surface area contributed by atoms with E-state index in [1.807, 2.05) is 22.9 Å². The van der Waals surface area contributed by atoms with E-state index in [4.69, 9.17) is 0 Å². The Hall–Kier alpha value is -2.60. The number of hydrogen-bond acceptors (Lipinski definition) is 7. The molecule has 1 N–H and O–H groups in total. The van der Waals surface area contributed by atoms with E-state index in [1.54, 1.807) is 28.4 Å². The zero-order valence-electron chi connectivity index (χ0n) is 16.6. The summed E-state index contributed by atoms with van der Waals surface area (Å²) < 4.78 is 27.4. The molecule has 0 saturated carbocycles. The molecule has 11 heteroatoms. The quantitative estimate of drug-likeness (QED) is 0.610. The number of thiophene rings is 1. The number of sulfonamides is 1. The van der Waals surface area contributed by atoms with Gasteiger partial charge in [-0.1, -0.05) is 12.1 Å². The van der Waals surface area contributed by atoms with Crippen molar-refractivity contribution in [1.29, 1.82) is 0 Å². The Bertz CT molecular complexity index is 1200. The van der Waals surface area contributed by atoms with Crippen molar-refractivity contribution in [2.45, 2.75) is 11.8 Å². The number of hydrogen-bond donors (Lipinski definition) is 1. The molecule has 1 aliphatic heterocycles. The summed E-state index contributed by atoms with van der Waals surface area (Å²) in [5, 5.41) is 7.01. The standard InChI is InChI=1S/C20H20N4O4S3/c1-14(25)23-7-9-24(10-8-23)31(27,28)16-5-2-4-15(12-16)19(26)22-20-21-17(13-30-20)18-6-3-11-29-18/h2-6,11-13H,7-10H2,1H3,(H,21,22,26). The highest BCUT2D eigenvalue weighted by atomic mass is 32.2. The first-order chi connectivity index (χ1) is 14.8. The number of aromatic nitrogens is 1. The van der Waals surface area contributed by atoms with Crippen molar-refractivity contribution >= 4 is 49.6 Å². The minimum atomic E-state index is -3.76. The molecule has 4 rings (SSSR count). The molecular formula is C20H20N4O4S3. The SMILES string of the molecule is CC(=O)N1CCN(S(=O)(=O)c2cccc(C(=O)Nc3nc(-c4cccs4)cs3)c2)CC1. The Morgan fingerprint density at radius 3 is 2.52 bits per heavy atom. The zero-order valence-corrected chi connectivity index (χ0v) is 19.1. The smallest absolute Gasteiger partial charge is 0.257 e. The minimum Gasteiger partial charge on any atom is -0.340 e. The van der Waals surface area contributed by atoms with Crippen LogP contribution in [0.1, 0.15) is 17.3 Å². The Labute approximate surface area is 188 Å². The van der Waals surface area contributed by atoms with Gasteiger partial charge in [0, 0.05) is 44.0 Å². The van der Waals surface area contributed by atoms with Gasteiger partial charge >= 0.3 is 0 Å². The van der Waals surface area contributed by atoms with Gasteiger partial charge in [-0.15, -0.1) is 22.7 Å². The maximum absolute atomic E-state index is 13.0. The van der Waals surface area contributed by atoms with Gasteiger partial charge in [-0.3, -0.25) is 14.9 Å². The van der Waals surface area contributed by atoms with Crippen LogP contribution in [0.5, 0.6) is 0 Å². The first kappa shape index (κ1) is 21.6. The van der Waals surface area contributed by atoms with Crippen molar-refractivity contribution in [2.75, 3.05) is 31.5 Å². The second kappa shape index (κ2) is 8.87. The molecule has 0 radical (unpaired) electrons. The molecule has 1 saturated heterocycles. The molecule has 0 aliphatic carbocycles. The summed E-state index contributed by atoms with van der Waals surface area (Å²) in [7, 11) is -3.76. The van der Waals surface area contributed by atoms with Gasteiger partial charge in [0.25, 0.3) is 5.91 Å². The highest BCUT2D eigenvalue weighted by molar-refractivity contribution is 7.89. The van der Waals surface area contributed by atoms with Crippen LogP contribution in [0, 0.1) is 0 Å². The van der Waals surface area contributed by atoms with Crippen molar-refractivity contribution in [1.82, 2.24) is 14.2 Å². The van der Waals surface area contributed by atoms with Crippen LogP contribution < -0.4 is 5.32 Å². The van der Waals surface area contributed by atoms with Gasteiger partial charge in [0.05, 0.1) is 15.5 Å². The topological polar surface area (TPSA) is 99.7 Å². The molecule has 162 valence electrons. The van der Waals surface area contributed by atoms with Crippen molar-refractivity contribution in [3.63, 3.8) is 0 Å². The molecule has 2 amide bonds. The first-order valence-corrected chi connectivity index (χ1v) is 12.7. The number of anilines is 1. The molecule has 0 bridgehead atoms. The molecule has 8 nitrogen and oxygen atoms in total. The summed E-state index contributed by atoms with van der Waals surface area (Å²) in [6, 6.07) is 9.85. The number of benzene rings is 1. The van der Waals surface area contributed by atoms with Crippen LogP contribution in [-0.2, 0) is 14.8 Å². The normalized spacial score (nSPS) is 15.1. The fourth-order valence-corrected chi connectivity index (χ4v) is 6.16. The molecule has 0 atom stereocenters. The summed E-state index contributed by atoms with van der Waals surface area (Å²) in [6.07, 6.45) is 0. The lowest BCUT2D eigenvalue weighted by Crippen LogP contribution is -2.49. The Morgan fingerprint density at radius 1 is 1.06 bits per heavy atom. The minimum absolute atomic E-state index is 0.0508. The third-order valence-corrected chi connectivity index (χ3v) is 8.46. The molecular weight excluding hydrogens is 456 g/mol. The van der Waals surface area contributed by atoms with Crippen LogP contribution in [0.4, 0.5) is 5.13 Å². The highest BCUT2D eigenvalue weighted by Crippen LogP contribution is 2.28. The lowest BCUT2D eigenvalue weighted by atomic mass is 10.2. The van der Waals surface area contributed by atoms with Crippen LogP contribution in [0.15, 0.2) is 52.1 Å². The van der Waals surface area contributed by atoms with Gasteiger partial charge in [-0.2, -0.15) is 4.31 Å². The van der Waals surface area contributed by atoms with Gasteiger partial charge in [0.15, 0.2) is 5.13 Å². The largest absolute Gasteiger partial charge is 0.340 e. The van der Waals surface area contributed by atoms with E-state index in [0.29, 0.717) is 18.2 Å². The van der Waals surface area contributed by atoms with Gasteiger partial charge in [0.1, 0.15) is 0 Å². The Balaban J connectivity index is 1.47. The summed E-state index contributed by atoms with van der Waals surface area (Å²) in [5.74, 6) is -0.495. The predicted octanol–water partition coefficient (Wildman–Crippen LogP) is 2.98. The maximum Gasteiger partial charge on any atom is 0.257 e. The van der Waals surface area contributed by atoms with E-state index in [-0.39, 0.29) is 29.5 Å². The predicted molar refractivity (Wildman–Crippen MR) is 121 cm³/mol. The van der Waals surface area contributed by atoms with E-state index in [0.717, 1.165) is 10.6 Å². The van der Waals surface area contributed by atoms with E-state index >= 15 is 0 Å². The third kappa shape index (κ3) is 4.69. The highest BCUT2D eigenvalue weighted by Gasteiger charge is 2.29. The summed E-state index contributed by atoms with van der Waals surface area (Å²) >= 11 is 2.87. The molecule has 1 fully saturated rings. The van der Waals surface area contributed by atoms with E-state index in [1.165, 1.54) is 34.7 Å². The number of carbonyl (C=O) groups is 2. The van der Waals surface area contributed by atoms with E-state index in [9.17, 15) is 18.0 Å². The first-order valence-electron chi connectivity index (χ1n) is 9.51. The second-order valence-electron chi connectivity index (χ2n) is 6.91. The molecule has 3 heterocycles. The van der Waals surface area contributed by atoms with Crippen molar-refractivity contribution in [3.8, 4) is 10.6 Å². The summed E-state index contributed by atoms with van der Waals surface area (Å²) in [5.41, 5.74) is 1.02. The van der Waals surface area contributed by atoms with Gasteiger partial charge in [-0.05, 0) is 29.6 Å². The van der Waals surface area contributed by atoms with Crippen molar-refractivity contribution in [2.24, 2.45) is 0 Å². The molecule has 0 unspecified atom stereocenters. The lowest BCUT2D eigenvalue weighted by molar-refractivity contribution is -0.129. The van der Waals surface area contributed by atoms with E-state index < -0.39 is 15.9 Å². The second-order valence-corrected chi connectivity index (χ2v) is 10.7. The van der Waals surface area contributed by atoms with E-state index in [2.05, 4.69) is 10.3 Å². The third-order valence-electron chi connectivity index (χ3n) is 4.92. The number of nitrogens with one attached hydrogen (secondary N) is 1. The fourth-order valence-electron chi connectivity index (χ4n) is 3.23. The molecule has 0 spiro atoms. The number of piperazine rings is 1. The lowest BCUT2D eigenvalue weighted by Gasteiger charge is -2.33. The molecule has 1 aromatic carbocycles. The van der Waals surface area contributed by atoms with Gasteiger partial charge in [0.2, 0.25) is 15.9 Å². The van der Waals surface area contributed by atoms with Crippen molar-refractivity contribution in [3.05, 3.63) is 52.7 Å². The number of rotatable bonds is 5. The van der Waals surface area contributed by atoms with Gasteiger partial charge < -0.3 is 4.90 Å². The number of nitrogens with zero attached hydrogens (tertiary/aromatic N) is 3. The van der Waals surface area contributed by atoms with Crippen LogP contribution >= 0.6 is 22.7 Å². The fraction of sp³-hybridized carbons (Fsp3) is 0.250. The Morgan fingerprint density at radius 2 is 1.84 bits per heavy atom. The molecule has 31 heavy (non-hydrogen) atoms. The Kier molecular flexibility index (Phi) is 6.19. The number of thiazole rings is 1. The molecule has 3 aromatic rings. The number of carbonyl (C=O) groups excluding carboxylic acids is 2. The maximum atomic E-state index is 13.0. The summed E-state index contributed by atoms with van der Waals surface area (Å²) in [6.45, 7) is 2.63. The molecule has 1 aliphatic rings. The van der Waals surface area contributed by atoms with Crippen LogP contribution in [-0.4, -0.2) is 60.6 Å². The van der Waals surface area contributed by atoms with Crippen molar-refractivity contribution < 1.29 is 18.0 Å². The monoisotopic (exact) mass is 476 g/mol. The average Bonchev–Trinajstić information content (AvgIpc) is 3.46. The van der Waals surface area contributed by atoms with Crippen LogP contribution in [0.25, 0.3) is 10.6 Å². The van der Waals surface area contributed by atoms with Crippen LogP contribution in [0.3, 0.4) is 0 Å². The zero-order chi connectivity index (χ0) is 22.0. The van der Waals surface area contributed by atoms with Gasteiger partial charge in [-0.25, -0.2) is 13.4 Å². The number of amides is 2.